The molecule has 0 aromatic carbocycles. The molecule has 0 spiro atoms. The number of nitrogens with one attached hydrogen (secondary N) is 1. The second kappa shape index (κ2) is 4.82. The minimum atomic E-state index is -0.230. The average molecular weight is 252 g/mol. The van der Waals surface area contributed by atoms with Gasteiger partial charge < -0.3 is 15.3 Å². The third-order valence-corrected chi connectivity index (χ3v) is 5.15. The maximum absolute atomic E-state index is 12.5. The standard InChI is InChI=1S/C14H24N2O2/c1-9(17)10-4-6-16(7-5-10)14(18)12-8-11-2-3-13(12)15-11/h9-13,15,17H,2-8H2,1H3. The lowest BCUT2D eigenvalue weighted by atomic mass is 9.86. The van der Waals surface area contributed by atoms with E-state index < -0.39 is 0 Å². The summed E-state index contributed by atoms with van der Waals surface area (Å²) < 4.78 is 0. The molecular formula is C14H24N2O2. The van der Waals surface area contributed by atoms with Crippen molar-refractivity contribution >= 4 is 5.91 Å². The Morgan fingerprint density at radius 3 is 2.50 bits per heavy atom. The van der Waals surface area contributed by atoms with E-state index in [1.165, 1.54) is 12.8 Å². The zero-order valence-corrected chi connectivity index (χ0v) is 11.1. The summed E-state index contributed by atoms with van der Waals surface area (Å²) >= 11 is 0. The van der Waals surface area contributed by atoms with Crippen LogP contribution in [0.1, 0.15) is 39.0 Å². The number of nitrogens with zero attached hydrogens (tertiary/aromatic N) is 1. The molecule has 0 aliphatic carbocycles. The van der Waals surface area contributed by atoms with Crippen LogP contribution in [0, 0.1) is 11.8 Å². The summed E-state index contributed by atoms with van der Waals surface area (Å²) in [5, 5.41) is 13.1. The summed E-state index contributed by atoms with van der Waals surface area (Å²) in [4.78, 5) is 14.5. The largest absolute Gasteiger partial charge is 0.393 e. The zero-order valence-electron chi connectivity index (χ0n) is 11.1. The monoisotopic (exact) mass is 252 g/mol. The molecule has 0 aromatic heterocycles. The van der Waals surface area contributed by atoms with Crippen LogP contribution in [0.2, 0.25) is 0 Å². The van der Waals surface area contributed by atoms with Gasteiger partial charge in [0.05, 0.1) is 12.0 Å². The van der Waals surface area contributed by atoms with Crippen molar-refractivity contribution in [3.8, 4) is 0 Å². The van der Waals surface area contributed by atoms with Gasteiger partial charge in [-0.2, -0.15) is 0 Å². The minimum Gasteiger partial charge on any atom is -0.393 e. The van der Waals surface area contributed by atoms with E-state index in [4.69, 9.17) is 0 Å². The summed E-state index contributed by atoms with van der Waals surface area (Å²) in [5.74, 6) is 0.970. The Morgan fingerprint density at radius 1 is 1.28 bits per heavy atom. The number of aliphatic hydroxyl groups is 1. The molecule has 3 heterocycles. The highest BCUT2D eigenvalue weighted by Gasteiger charge is 2.44. The fourth-order valence-corrected chi connectivity index (χ4v) is 3.93. The molecule has 4 heteroatoms. The van der Waals surface area contributed by atoms with Crippen LogP contribution in [0.15, 0.2) is 0 Å². The number of fused-ring (bicyclic) bond motifs is 2. The summed E-state index contributed by atoms with van der Waals surface area (Å²) in [6.45, 7) is 3.53. The van der Waals surface area contributed by atoms with Crippen molar-refractivity contribution in [3.05, 3.63) is 0 Å². The number of rotatable bonds is 2. The van der Waals surface area contributed by atoms with Gasteiger partial charge in [-0.25, -0.2) is 0 Å². The first-order chi connectivity index (χ1) is 8.65. The van der Waals surface area contributed by atoms with Crippen molar-refractivity contribution in [3.63, 3.8) is 0 Å². The molecule has 3 aliphatic rings. The Morgan fingerprint density at radius 2 is 2.00 bits per heavy atom. The third-order valence-electron chi connectivity index (χ3n) is 5.15. The van der Waals surface area contributed by atoms with Crippen LogP contribution >= 0.6 is 0 Å². The van der Waals surface area contributed by atoms with Crippen LogP contribution in [0.3, 0.4) is 0 Å². The quantitative estimate of drug-likeness (QED) is 0.762. The summed E-state index contributed by atoms with van der Waals surface area (Å²) in [6, 6.07) is 1.04. The maximum atomic E-state index is 12.5. The molecule has 0 aromatic rings. The van der Waals surface area contributed by atoms with E-state index in [9.17, 15) is 9.90 Å². The van der Waals surface area contributed by atoms with Crippen molar-refractivity contribution in [2.75, 3.05) is 13.1 Å². The molecule has 0 saturated carbocycles. The topological polar surface area (TPSA) is 52.6 Å². The van der Waals surface area contributed by atoms with Crippen LogP contribution < -0.4 is 5.32 Å². The van der Waals surface area contributed by atoms with Gasteiger partial charge in [-0.05, 0) is 44.9 Å². The van der Waals surface area contributed by atoms with E-state index in [0.29, 0.717) is 23.9 Å². The van der Waals surface area contributed by atoms with Gasteiger partial charge in [0, 0.05) is 25.2 Å². The SMILES string of the molecule is CC(O)C1CCN(C(=O)C2CC3CCC2N3)CC1. The van der Waals surface area contributed by atoms with Crippen molar-refractivity contribution < 1.29 is 9.90 Å². The van der Waals surface area contributed by atoms with Gasteiger partial charge in [0.15, 0.2) is 0 Å². The van der Waals surface area contributed by atoms with E-state index in [0.717, 1.165) is 32.4 Å². The van der Waals surface area contributed by atoms with Crippen molar-refractivity contribution in [1.29, 1.82) is 0 Å². The van der Waals surface area contributed by atoms with Crippen LogP contribution in [0.4, 0.5) is 0 Å². The van der Waals surface area contributed by atoms with Crippen LogP contribution in [0.25, 0.3) is 0 Å². The molecule has 0 radical (unpaired) electrons. The Balaban J connectivity index is 1.55. The Labute approximate surface area is 109 Å². The van der Waals surface area contributed by atoms with Gasteiger partial charge in [0.25, 0.3) is 0 Å². The molecule has 3 saturated heterocycles. The number of aliphatic hydroxyl groups excluding tert-OH is 1. The highest BCUT2D eigenvalue weighted by atomic mass is 16.3. The maximum Gasteiger partial charge on any atom is 0.227 e. The lowest BCUT2D eigenvalue weighted by Crippen LogP contribution is -2.46. The first-order valence-electron chi connectivity index (χ1n) is 7.38. The zero-order chi connectivity index (χ0) is 12.7. The molecule has 3 rings (SSSR count). The average Bonchev–Trinajstić information content (AvgIpc) is 3.00. The lowest BCUT2D eigenvalue weighted by Gasteiger charge is -2.35. The second-order valence-electron chi connectivity index (χ2n) is 6.29. The summed E-state index contributed by atoms with van der Waals surface area (Å²) in [6.07, 6.45) is 5.14. The molecular weight excluding hydrogens is 228 g/mol. The van der Waals surface area contributed by atoms with E-state index in [2.05, 4.69) is 5.32 Å². The molecule has 3 fully saturated rings. The van der Waals surface area contributed by atoms with E-state index >= 15 is 0 Å². The number of hydrogen-bond acceptors (Lipinski definition) is 3. The normalized spacial score (nSPS) is 38.1. The van der Waals surface area contributed by atoms with Gasteiger partial charge in [-0.3, -0.25) is 4.79 Å². The lowest BCUT2D eigenvalue weighted by molar-refractivity contribution is -0.138. The summed E-state index contributed by atoms with van der Waals surface area (Å²) in [7, 11) is 0. The number of piperidine rings is 1. The van der Waals surface area contributed by atoms with E-state index in [1.807, 2.05) is 11.8 Å². The van der Waals surface area contributed by atoms with E-state index in [-0.39, 0.29) is 12.0 Å². The van der Waals surface area contributed by atoms with Crippen molar-refractivity contribution in [1.82, 2.24) is 10.2 Å². The van der Waals surface area contributed by atoms with Crippen molar-refractivity contribution in [2.45, 2.75) is 57.2 Å². The Kier molecular flexibility index (Phi) is 3.32. The van der Waals surface area contributed by atoms with Crippen LogP contribution in [-0.4, -0.2) is 47.2 Å². The smallest absolute Gasteiger partial charge is 0.227 e. The number of likely N-dealkylation sites (tertiary alicyclic amines) is 1. The van der Waals surface area contributed by atoms with Crippen molar-refractivity contribution in [2.24, 2.45) is 11.8 Å². The molecule has 2 N–H and O–H groups in total. The van der Waals surface area contributed by atoms with Gasteiger partial charge in [-0.15, -0.1) is 0 Å². The van der Waals surface area contributed by atoms with Gasteiger partial charge in [-0.1, -0.05) is 0 Å². The molecule has 3 aliphatic heterocycles. The fourth-order valence-electron chi connectivity index (χ4n) is 3.93. The number of amides is 1. The number of carbonyl (C=O) groups excluding carboxylic acids is 1. The molecule has 4 nitrogen and oxygen atoms in total. The molecule has 18 heavy (non-hydrogen) atoms. The first kappa shape index (κ1) is 12.4. The third kappa shape index (κ3) is 2.16. The Hall–Kier alpha value is -0.610. The predicted molar refractivity (Wildman–Crippen MR) is 69.0 cm³/mol. The molecule has 4 atom stereocenters. The predicted octanol–water partition coefficient (Wildman–Crippen LogP) is 0.746. The second-order valence-corrected chi connectivity index (χ2v) is 6.29. The number of carbonyl (C=O) groups is 1. The molecule has 2 bridgehead atoms. The molecule has 1 amide bonds. The van der Waals surface area contributed by atoms with Crippen LogP contribution in [0.5, 0.6) is 0 Å². The fraction of sp³-hybridized carbons (Fsp3) is 0.929. The van der Waals surface area contributed by atoms with Crippen LogP contribution in [-0.2, 0) is 4.79 Å². The highest BCUT2D eigenvalue weighted by molar-refractivity contribution is 5.80. The number of hydrogen-bond donors (Lipinski definition) is 2. The molecule has 4 unspecified atom stereocenters. The first-order valence-corrected chi connectivity index (χ1v) is 7.38. The van der Waals surface area contributed by atoms with E-state index in [1.54, 1.807) is 0 Å². The molecule has 102 valence electrons. The highest BCUT2D eigenvalue weighted by Crippen LogP contribution is 2.35. The Bertz CT molecular complexity index is 324. The summed E-state index contributed by atoms with van der Waals surface area (Å²) in [5.41, 5.74) is 0. The van der Waals surface area contributed by atoms with Gasteiger partial charge in [0.2, 0.25) is 5.91 Å². The van der Waals surface area contributed by atoms with Gasteiger partial charge in [0.1, 0.15) is 0 Å². The van der Waals surface area contributed by atoms with Gasteiger partial charge >= 0.3 is 0 Å². The minimum absolute atomic E-state index is 0.229.